The normalized spacial score (nSPS) is 9.78. The Hall–Kier alpha value is -2.62. The van der Waals surface area contributed by atoms with Gasteiger partial charge in [-0.2, -0.15) is 0 Å². The molecule has 0 unspecified atom stereocenters. The van der Waals surface area contributed by atoms with Gasteiger partial charge in [-0.3, -0.25) is 9.59 Å². The number of anilines is 2. The molecule has 0 aliphatic carbocycles. The van der Waals surface area contributed by atoms with E-state index in [0.29, 0.717) is 22.5 Å². The van der Waals surface area contributed by atoms with Gasteiger partial charge < -0.3 is 11.1 Å². The molecule has 0 aliphatic rings. The van der Waals surface area contributed by atoms with Gasteiger partial charge in [-0.1, -0.05) is 18.2 Å². The molecule has 4 nitrogen and oxygen atoms in total. The second-order valence-electron chi connectivity index (χ2n) is 3.76. The van der Waals surface area contributed by atoms with Crippen molar-refractivity contribution in [2.24, 2.45) is 0 Å². The fraction of sp³-hybridized carbons (Fsp3) is 0. The number of nitrogen functional groups attached to an aromatic ring is 1. The third-order valence-corrected chi connectivity index (χ3v) is 2.39. The van der Waals surface area contributed by atoms with Crippen molar-refractivity contribution >= 4 is 23.6 Å². The van der Waals surface area contributed by atoms with Crippen molar-refractivity contribution in [3.8, 4) is 0 Å². The molecule has 0 aromatic heterocycles. The van der Waals surface area contributed by atoms with Gasteiger partial charge in [-0.15, -0.1) is 0 Å². The number of benzene rings is 2. The van der Waals surface area contributed by atoms with E-state index in [1.54, 1.807) is 48.8 Å². The Labute approximate surface area is 104 Å². The molecule has 0 bridgehead atoms. The fourth-order valence-electron chi connectivity index (χ4n) is 1.54. The van der Waals surface area contributed by atoms with E-state index < -0.39 is 0 Å². The van der Waals surface area contributed by atoms with E-state index in [9.17, 15) is 9.59 Å². The largest absolute Gasteiger partial charge is 0.399 e. The van der Waals surface area contributed by atoms with Crippen LogP contribution in [0.4, 0.5) is 11.4 Å². The van der Waals surface area contributed by atoms with Crippen LogP contribution >= 0.6 is 0 Å². The van der Waals surface area contributed by atoms with Gasteiger partial charge >= 0.3 is 0 Å². The Bertz CT molecular complexity index is 594. The van der Waals surface area contributed by atoms with Crippen LogP contribution < -0.4 is 11.1 Å². The first-order valence-electron chi connectivity index (χ1n) is 5.34. The molecule has 1 radical (unpaired) electrons. The first-order chi connectivity index (χ1) is 8.69. The fourth-order valence-corrected chi connectivity index (χ4v) is 1.54. The summed E-state index contributed by atoms with van der Waals surface area (Å²) in [6.45, 7) is 0. The molecule has 89 valence electrons. The number of nitrogens with two attached hydrogens (primary N) is 1. The maximum Gasteiger partial charge on any atom is 0.255 e. The molecule has 2 rings (SSSR count). The summed E-state index contributed by atoms with van der Waals surface area (Å²) in [6.07, 6.45) is 1.75. The lowest BCUT2D eigenvalue weighted by atomic mass is 10.1. The van der Waals surface area contributed by atoms with Crippen LogP contribution in [0.1, 0.15) is 15.9 Å². The molecule has 2 aromatic carbocycles. The zero-order chi connectivity index (χ0) is 13.0. The molecule has 4 heteroatoms. The molecule has 3 N–H and O–H groups in total. The first kappa shape index (κ1) is 11.9. The second-order valence-corrected chi connectivity index (χ2v) is 3.76. The summed E-state index contributed by atoms with van der Waals surface area (Å²) < 4.78 is 0. The van der Waals surface area contributed by atoms with E-state index in [1.807, 2.05) is 0 Å². The summed E-state index contributed by atoms with van der Waals surface area (Å²) in [5, 5.41) is 2.70. The van der Waals surface area contributed by atoms with Crippen LogP contribution in [0.2, 0.25) is 0 Å². The topological polar surface area (TPSA) is 72.2 Å². The summed E-state index contributed by atoms with van der Waals surface area (Å²) in [5.41, 5.74) is 7.54. The summed E-state index contributed by atoms with van der Waals surface area (Å²) in [5.74, 6) is -0.294. The van der Waals surface area contributed by atoms with E-state index in [1.165, 1.54) is 6.07 Å². The van der Waals surface area contributed by atoms with Gasteiger partial charge in [0.1, 0.15) is 0 Å². The van der Waals surface area contributed by atoms with Crippen LogP contribution in [0.3, 0.4) is 0 Å². The molecule has 0 aliphatic heterocycles. The molecular weight excluding hydrogens is 228 g/mol. The smallest absolute Gasteiger partial charge is 0.255 e. The minimum absolute atomic E-state index is 0.294. The van der Waals surface area contributed by atoms with E-state index in [2.05, 4.69) is 5.32 Å². The van der Waals surface area contributed by atoms with Crippen LogP contribution in [0.25, 0.3) is 0 Å². The Morgan fingerprint density at radius 2 is 1.89 bits per heavy atom. The maximum atomic E-state index is 11.9. The zero-order valence-corrected chi connectivity index (χ0v) is 9.51. The lowest BCUT2D eigenvalue weighted by Crippen LogP contribution is -2.12. The number of hydrogen-bond acceptors (Lipinski definition) is 3. The molecule has 2 aromatic rings. The van der Waals surface area contributed by atoms with Crippen LogP contribution in [0, 0.1) is 0 Å². The van der Waals surface area contributed by atoms with E-state index in [-0.39, 0.29) is 5.91 Å². The van der Waals surface area contributed by atoms with E-state index >= 15 is 0 Å². The molecule has 0 spiro atoms. The van der Waals surface area contributed by atoms with Gasteiger partial charge in [-0.25, -0.2) is 0 Å². The lowest BCUT2D eigenvalue weighted by molar-refractivity contribution is 0.102. The second kappa shape index (κ2) is 5.14. The van der Waals surface area contributed by atoms with Crippen LogP contribution in [0.15, 0.2) is 48.5 Å². The molecule has 0 saturated heterocycles. The standard InChI is InChI=1S/C14H11N2O2/c15-12-5-2-6-13(8-12)16-14(18)11-4-1-3-10(7-11)9-17/h1-8H,15H2,(H,16,18). The van der Waals surface area contributed by atoms with Crippen molar-refractivity contribution in [1.29, 1.82) is 0 Å². The molecule has 0 heterocycles. The summed E-state index contributed by atoms with van der Waals surface area (Å²) >= 11 is 0. The molecule has 0 saturated carbocycles. The number of carbonyl (C=O) groups excluding carboxylic acids is 2. The number of amides is 1. The number of rotatable bonds is 3. The lowest BCUT2D eigenvalue weighted by Gasteiger charge is -2.06. The van der Waals surface area contributed by atoms with Gasteiger partial charge in [0.2, 0.25) is 6.29 Å². The van der Waals surface area contributed by atoms with Crippen molar-refractivity contribution in [3.05, 3.63) is 59.7 Å². The molecule has 0 fully saturated rings. The predicted octanol–water partition coefficient (Wildman–Crippen LogP) is 1.98. The number of hydrogen-bond donors (Lipinski definition) is 2. The van der Waals surface area contributed by atoms with Gasteiger partial charge in [0, 0.05) is 22.5 Å². The summed E-state index contributed by atoms with van der Waals surface area (Å²) in [4.78, 5) is 22.4. The Balaban J connectivity index is 2.19. The third-order valence-electron chi connectivity index (χ3n) is 2.39. The van der Waals surface area contributed by atoms with Gasteiger partial charge in [0.05, 0.1) is 0 Å². The van der Waals surface area contributed by atoms with Gasteiger partial charge in [-0.05, 0) is 30.3 Å². The van der Waals surface area contributed by atoms with Crippen LogP contribution in [-0.4, -0.2) is 12.2 Å². The molecule has 1 amide bonds. The number of nitrogens with one attached hydrogen (secondary N) is 1. The Morgan fingerprint density at radius 1 is 1.11 bits per heavy atom. The summed E-state index contributed by atoms with van der Waals surface area (Å²) in [6, 6.07) is 13.2. The monoisotopic (exact) mass is 239 g/mol. The molecular formula is C14H11N2O2. The highest BCUT2D eigenvalue weighted by Gasteiger charge is 2.06. The van der Waals surface area contributed by atoms with Crippen LogP contribution in [-0.2, 0) is 4.79 Å². The average molecular weight is 239 g/mol. The van der Waals surface area contributed by atoms with Crippen LogP contribution in [0.5, 0.6) is 0 Å². The van der Waals surface area contributed by atoms with Gasteiger partial charge in [0.25, 0.3) is 5.91 Å². The maximum absolute atomic E-state index is 11.9. The predicted molar refractivity (Wildman–Crippen MR) is 70.0 cm³/mol. The molecule has 0 atom stereocenters. The number of carbonyl (C=O) groups is 1. The molecule has 18 heavy (non-hydrogen) atoms. The highest BCUT2D eigenvalue weighted by Crippen LogP contribution is 2.13. The van der Waals surface area contributed by atoms with E-state index in [4.69, 9.17) is 5.73 Å². The third kappa shape index (κ3) is 2.74. The minimum atomic E-state index is -0.294. The Kier molecular flexibility index (Phi) is 3.38. The minimum Gasteiger partial charge on any atom is -0.399 e. The van der Waals surface area contributed by atoms with Crippen molar-refractivity contribution < 1.29 is 9.59 Å². The first-order valence-corrected chi connectivity index (χ1v) is 5.34. The van der Waals surface area contributed by atoms with Crippen molar-refractivity contribution in [3.63, 3.8) is 0 Å². The van der Waals surface area contributed by atoms with Crippen molar-refractivity contribution in [1.82, 2.24) is 0 Å². The highest BCUT2D eigenvalue weighted by molar-refractivity contribution is 6.05. The SMILES string of the molecule is Nc1cccc(NC(=O)c2cccc([C]=O)c2)c1. The average Bonchev–Trinajstić information content (AvgIpc) is 2.39. The van der Waals surface area contributed by atoms with Crippen molar-refractivity contribution in [2.75, 3.05) is 11.1 Å². The van der Waals surface area contributed by atoms with Gasteiger partial charge in [0.15, 0.2) is 0 Å². The van der Waals surface area contributed by atoms with Crippen molar-refractivity contribution in [2.45, 2.75) is 0 Å². The zero-order valence-electron chi connectivity index (χ0n) is 9.51. The summed E-state index contributed by atoms with van der Waals surface area (Å²) in [7, 11) is 0. The highest BCUT2D eigenvalue weighted by atomic mass is 16.1. The van der Waals surface area contributed by atoms with E-state index in [0.717, 1.165) is 0 Å². The Morgan fingerprint density at radius 3 is 2.61 bits per heavy atom. The quantitative estimate of drug-likeness (QED) is 0.804.